The van der Waals surface area contributed by atoms with Crippen molar-refractivity contribution in [3.05, 3.63) is 48.3 Å². The maximum absolute atomic E-state index is 13.6. The number of alkyl halides is 3. The molecule has 2 aromatic rings. The molecule has 0 amide bonds. The number of hydrogen-bond acceptors (Lipinski definition) is 2. The Hall–Kier alpha value is -2.24. The van der Waals surface area contributed by atoms with Gasteiger partial charge in [-0.1, -0.05) is 18.2 Å². The van der Waals surface area contributed by atoms with Crippen molar-refractivity contribution in [2.24, 2.45) is 0 Å². The van der Waals surface area contributed by atoms with Crippen LogP contribution < -0.4 is 9.47 Å². The van der Waals surface area contributed by atoms with Gasteiger partial charge in [-0.2, -0.15) is 0 Å². The summed E-state index contributed by atoms with van der Waals surface area (Å²) in [5.41, 5.74) is 0.837. The lowest BCUT2D eigenvalue weighted by Gasteiger charge is -2.10. The molecule has 0 aliphatic carbocycles. The molecule has 0 N–H and O–H groups in total. The maximum Gasteiger partial charge on any atom is 0.573 e. The minimum absolute atomic E-state index is 0.0662. The summed E-state index contributed by atoms with van der Waals surface area (Å²) in [5, 5.41) is 0. The van der Waals surface area contributed by atoms with Crippen LogP contribution in [0, 0.1) is 5.82 Å². The van der Waals surface area contributed by atoms with E-state index in [0.29, 0.717) is 11.1 Å². The lowest BCUT2D eigenvalue weighted by atomic mass is 10.1. The van der Waals surface area contributed by atoms with Crippen molar-refractivity contribution < 1.29 is 27.0 Å². The van der Waals surface area contributed by atoms with E-state index in [0.717, 1.165) is 0 Å². The molecule has 0 aromatic heterocycles. The minimum atomic E-state index is -4.76. The van der Waals surface area contributed by atoms with E-state index in [9.17, 15) is 17.6 Å². The summed E-state index contributed by atoms with van der Waals surface area (Å²) < 4.78 is 58.6. The Morgan fingerprint density at radius 1 is 0.950 bits per heavy atom. The highest BCUT2D eigenvalue weighted by Gasteiger charge is 2.31. The Balaban J connectivity index is 2.33. The summed E-state index contributed by atoms with van der Waals surface area (Å²) >= 11 is 0. The van der Waals surface area contributed by atoms with Gasteiger partial charge in [-0.25, -0.2) is 4.39 Å². The fraction of sp³-hybridized carbons (Fsp3) is 0.143. The van der Waals surface area contributed by atoms with Crippen molar-refractivity contribution in [2.45, 2.75) is 6.36 Å². The molecule has 0 spiro atoms. The molecule has 0 aliphatic rings. The highest BCUT2D eigenvalue weighted by molar-refractivity contribution is 5.66. The average Bonchev–Trinajstić information content (AvgIpc) is 2.37. The van der Waals surface area contributed by atoms with Crippen molar-refractivity contribution in [1.82, 2.24) is 0 Å². The number of benzene rings is 2. The molecule has 0 heterocycles. The molecule has 0 unspecified atom stereocenters. The van der Waals surface area contributed by atoms with Crippen LogP contribution in [0.15, 0.2) is 42.5 Å². The first-order chi connectivity index (χ1) is 9.39. The van der Waals surface area contributed by atoms with Crippen LogP contribution in [0.25, 0.3) is 11.1 Å². The summed E-state index contributed by atoms with van der Waals surface area (Å²) in [7, 11) is 1.33. The number of rotatable bonds is 3. The standard InChI is InChI=1S/C14H10F4O2/c1-19-13-6-5-10(8-12(13)15)9-3-2-4-11(7-9)20-14(16,17)18/h2-8H,1H3. The zero-order valence-electron chi connectivity index (χ0n) is 10.4. The van der Waals surface area contributed by atoms with Crippen LogP contribution in [0.4, 0.5) is 17.6 Å². The quantitative estimate of drug-likeness (QED) is 0.779. The van der Waals surface area contributed by atoms with Crippen LogP contribution in [-0.4, -0.2) is 13.5 Å². The molecule has 2 aromatic carbocycles. The molecule has 0 bridgehead atoms. The number of ether oxygens (including phenoxy) is 2. The van der Waals surface area contributed by atoms with Gasteiger partial charge >= 0.3 is 6.36 Å². The number of hydrogen-bond donors (Lipinski definition) is 0. The predicted molar refractivity (Wildman–Crippen MR) is 65.1 cm³/mol. The van der Waals surface area contributed by atoms with Gasteiger partial charge in [-0.05, 0) is 35.4 Å². The van der Waals surface area contributed by atoms with E-state index in [4.69, 9.17) is 4.74 Å². The van der Waals surface area contributed by atoms with E-state index < -0.39 is 12.2 Å². The Morgan fingerprint density at radius 3 is 2.25 bits per heavy atom. The summed E-state index contributed by atoms with van der Waals surface area (Å²) in [6.07, 6.45) is -4.76. The van der Waals surface area contributed by atoms with Crippen molar-refractivity contribution >= 4 is 0 Å². The Labute approximate surface area is 112 Å². The average molecular weight is 286 g/mol. The SMILES string of the molecule is COc1ccc(-c2cccc(OC(F)(F)F)c2)cc1F. The Bertz CT molecular complexity index is 608. The van der Waals surface area contributed by atoms with Crippen LogP contribution in [0.1, 0.15) is 0 Å². The van der Waals surface area contributed by atoms with Gasteiger partial charge in [0.05, 0.1) is 7.11 Å². The van der Waals surface area contributed by atoms with Crippen LogP contribution in [-0.2, 0) is 0 Å². The van der Waals surface area contributed by atoms with Gasteiger partial charge < -0.3 is 9.47 Å². The fourth-order valence-corrected chi connectivity index (χ4v) is 1.72. The van der Waals surface area contributed by atoms with Gasteiger partial charge in [0.2, 0.25) is 0 Å². The molecule has 2 rings (SSSR count). The summed E-state index contributed by atoms with van der Waals surface area (Å²) in [6.45, 7) is 0. The first-order valence-electron chi connectivity index (χ1n) is 5.59. The molecule has 20 heavy (non-hydrogen) atoms. The van der Waals surface area contributed by atoms with E-state index in [1.807, 2.05) is 0 Å². The third-order valence-corrected chi connectivity index (χ3v) is 2.55. The zero-order chi connectivity index (χ0) is 14.8. The second-order valence-corrected chi connectivity index (χ2v) is 3.92. The first-order valence-corrected chi connectivity index (χ1v) is 5.59. The lowest BCUT2D eigenvalue weighted by molar-refractivity contribution is -0.274. The minimum Gasteiger partial charge on any atom is -0.494 e. The molecule has 0 atom stereocenters. The van der Waals surface area contributed by atoms with Gasteiger partial charge in [-0.15, -0.1) is 13.2 Å². The Morgan fingerprint density at radius 2 is 1.65 bits per heavy atom. The molecule has 2 nitrogen and oxygen atoms in total. The van der Waals surface area contributed by atoms with Crippen molar-refractivity contribution in [1.29, 1.82) is 0 Å². The monoisotopic (exact) mass is 286 g/mol. The Kier molecular flexibility index (Phi) is 3.83. The van der Waals surface area contributed by atoms with Gasteiger partial charge in [-0.3, -0.25) is 0 Å². The first kappa shape index (κ1) is 14.2. The van der Waals surface area contributed by atoms with Crippen molar-refractivity contribution in [2.75, 3.05) is 7.11 Å². The molecule has 0 saturated carbocycles. The molecule has 0 fully saturated rings. The molecule has 6 heteroatoms. The number of methoxy groups -OCH3 is 1. The maximum atomic E-state index is 13.6. The van der Waals surface area contributed by atoms with E-state index in [2.05, 4.69) is 4.74 Å². The third-order valence-electron chi connectivity index (χ3n) is 2.55. The molecule has 0 radical (unpaired) electrons. The van der Waals surface area contributed by atoms with Crippen LogP contribution in [0.2, 0.25) is 0 Å². The van der Waals surface area contributed by atoms with Crippen molar-refractivity contribution in [3.63, 3.8) is 0 Å². The molecule has 0 saturated heterocycles. The predicted octanol–water partition coefficient (Wildman–Crippen LogP) is 4.40. The van der Waals surface area contributed by atoms with Gasteiger partial charge in [0.15, 0.2) is 11.6 Å². The number of halogens is 4. The second-order valence-electron chi connectivity index (χ2n) is 3.92. The van der Waals surface area contributed by atoms with Crippen LogP contribution in [0.3, 0.4) is 0 Å². The van der Waals surface area contributed by atoms with E-state index >= 15 is 0 Å². The largest absolute Gasteiger partial charge is 0.573 e. The highest BCUT2D eigenvalue weighted by Crippen LogP contribution is 2.30. The lowest BCUT2D eigenvalue weighted by Crippen LogP contribution is -2.17. The van der Waals surface area contributed by atoms with Crippen LogP contribution in [0.5, 0.6) is 11.5 Å². The van der Waals surface area contributed by atoms with Crippen molar-refractivity contribution in [3.8, 4) is 22.6 Å². The fourth-order valence-electron chi connectivity index (χ4n) is 1.72. The molecular formula is C14H10F4O2. The molecular weight excluding hydrogens is 276 g/mol. The van der Waals surface area contributed by atoms with E-state index in [1.54, 1.807) is 12.1 Å². The normalized spacial score (nSPS) is 11.2. The summed E-state index contributed by atoms with van der Waals surface area (Å²) in [6, 6.07) is 9.47. The smallest absolute Gasteiger partial charge is 0.494 e. The van der Waals surface area contributed by atoms with Crippen LogP contribution >= 0.6 is 0 Å². The van der Waals surface area contributed by atoms with E-state index in [1.165, 1.54) is 37.4 Å². The topological polar surface area (TPSA) is 18.5 Å². The molecule has 0 aliphatic heterocycles. The highest BCUT2D eigenvalue weighted by atomic mass is 19.4. The summed E-state index contributed by atoms with van der Waals surface area (Å²) in [5.74, 6) is -0.880. The third kappa shape index (κ3) is 3.40. The van der Waals surface area contributed by atoms with Gasteiger partial charge in [0.1, 0.15) is 5.75 Å². The van der Waals surface area contributed by atoms with Gasteiger partial charge in [0.25, 0.3) is 0 Å². The molecule has 106 valence electrons. The van der Waals surface area contributed by atoms with E-state index in [-0.39, 0.29) is 11.5 Å². The van der Waals surface area contributed by atoms with Gasteiger partial charge in [0, 0.05) is 0 Å². The zero-order valence-corrected chi connectivity index (χ0v) is 10.4. The summed E-state index contributed by atoms with van der Waals surface area (Å²) in [4.78, 5) is 0. The second kappa shape index (κ2) is 5.40.